The lowest BCUT2D eigenvalue weighted by atomic mass is 10.1. The molecule has 0 bridgehead atoms. The maximum absolute atomic E-state index is 7.61. The summed E-state index contributed by atoms with van der Waals surface area (Å²) in [5, 5.41) is 22.6. The minimum absolute atomic E-state index is 0.352. The molecular weight excluding hydrogens is 677 g/mol. The molecule has 53 heavy (non-hydrogen) atoms. The van der Waals surface area contributed by atoms with Crippen LogP contribution in [-0.4, -0.2) is 33.3 Å². The molecule has 2 unspecified atom stereocenters. The Morgan fingerprint density at radius 1 is 0.472 bits per heavy atom. The first-order valence-electron chi connectivity index (χ1n) is 17.9. The van der Waals surface area contributed by atoms with Crippen molar-refractivity contribution in [3.05, 3.63) is 182 Å². The Morgan fingerprint density at radius 3 is 1.09 bits per heavy atom. The standard InChI is InChI=1S/C43H48N6O3Si/c1-4-50-53(3,51-35(2)44-36-23-11-5-12-24-36)52-43(48-40-31-19-9-20-32-40,49-41-33-21-10-22-34-41)42(45-37-25-13-6-14-26-37,46-38-27-15-7-16-28-38)47-39-29-17-8-18-30-39/h5-35,44-49H,4H2,1-3H3. The molecule has 6 aromatic carbocycles. The van der Waals surface area contributed by atoms with Gasteiger partial charge in [0.25, 0.3) is 11.6 Å². The van der Waals surface area contributed by atoms with E-state index in [1.165, 1.54) is 0 Å². The SMILES string of the molecule is CCO[Si](C)(OC(C)Nc1ccccc1)OC(Nc1ccccc1)(Nc1ccccc1)C(Nc1ccccc1)(Nc1ccccc1)Nc1ccccc1. The van der Waals surface area contributed by atoms with Crippen LogP contribution in [0.3, 0.4) is 0 Å². The molecule has 0 heterocycles. The molecule has 0 aliphatic carbocycles. The highest BCUT2D eigenvalue weighted by Crippen LogP contribution is 2.38. The molecule has 0 aliphatic heterocycles. The van der Waals surface area contributed by atoms with Gasteiger partial charge < -0.3 is 45.2 Å². The molecule has 2 atom stereocenters. The third kappa shape index (κ3) is 9.97. The maximum atomic E-state index is 7.61. The van der Waals surface area contributed by atoms with Crippen LogP contribution in [0.1, 0.15) is 13.8 Å². The summed E-state index contributed by atoms with van der Waals surface area (Å²) in [5.41, 5.74) is 4.93. The molecule has 0 aliphatic rings. The number of rotatable bonds is 19. The van der Waals surface area contributed by atoms with E-state index in [1.54, 1.807) is 0 Å². The van der Waals surface area contributed by atoms with Crippen LogP contribution in [0.15, 0.2) is 182 Å². The second-order valence-corrected chi connectivity index (χ2v) is 15.0. The van der Waals surface area contributed by atoms with Crippen LogP contribution >= 0.6 is 0 Å². The van der Waals surface area contributed by atoms with Gasteiger partial charge in [-0.25, -0.2) is 0 Å². The van der Waals surface area contributed by atoms with E-state index in [0.29, 0.717) is 6.61 Å². The molecule has 0 aromatic heterocycles. The third-order valence-corrected chi connectivity index (χ3v) is 10.6. The Labute approximate surface area is 314 Å². The fourth-order valence-electron chi connectivity index (χ4n) is 6.12. The van der Waals surface area contributed by atoms with Gasteiger partial charge in [-0.05, 0) is 86.6 Å². The van der Waals surface area contributed by atoms with Gasteiger partial charge >= 0.3 is 8.80 Å². The number of para-hydroxylation sites is 6. The Morgan fingerprint density at radius 2 is 0.774 bits per heavy atom. The molecule has 6 N–H and O–H groups in total. The Balaban J connectivity index is 1.60. The van der Waals surface area contributed by atoms with Crippen LogP contribution in [0.2, 0.25) is 6.55 Å². The number of nitrogens with one attached hydrogen (secondary N) is 6. The van der Waals surface area contributed by atoms with E-state index in [4.69, 9.17) is 13.3 Å². The van der Waals surface area contributed by atoms with E-state index in [-0.39, 0.29) is 0 Å². The van der Waals surface area contributed by atoms with Crippen LogP contribution < -0.4 is 31.9 Å². The summed E-state index contributed by atoms with van der Waals surface area (Å²) in [6.45, 7) is 6.18. The largest absolute Gasteiger partial charge is 0.502 e. The summed E-state index contributed by atoms with van der Waals surface area (Å²) in [5.74, 6) is -3.09. The zero-order valence-electron chi connectivity index (χ0n) is 30.3. The highest BCUT2D eigenvalue weighted by Gasteiger charge is 2.60. The van der Waals surface area contributed by atoms with E-state index in [1.807, 2.05) is 202 Å². The number of hydrogen-bond donors (Lipinski definition) is 6. The van der Waals surface area contributed by atoms with Crippen LogP contribution in [0, 0.1) is 0 Å². The van der Waals surface area contributed by atoms with Gasteiger partial charge in [-0.1, -0.05) is 109 Å². The summed E-state index contributed by atoms with van der Waals surface area (Å²) in [6.07, 6.45) is -0.479. The first-order chi connectivity index (χ1) is 25.9. The van der Waals surface area contributed by atoms with Crippen molar-refractivity contribution in [1.82, 2.24) is 0 Å². The number of hydrogen-bond acceptors (Lipinski definition) is 9. The summed E-state index contributed by atoms with van der Waals surface area (Å²) < 4.78 is 21.1. The van der Waals surface area contributed by atoms with Crippen molar-refractivity contribution in [3.8, 4) is 0 Å². The Bertz CT molecular complexity index is 1790. The van der Waals surface area contributed by atoms with Crippen molar-refractivity contribution < 1.29 is 13.3 Å². The highest BCUT2D eigenvalue weighted by atomic mass is 28.4. The zero-order chi connectivity index (χ0) is 36.8. The summed E-state index contributed by atoms with van der Waals surface area (Å²) in [6, 6.07) is 59.9. The lowest BCUT2D eigenvalue weighted by Crippen LogP contribution is -2.79. The van der Waals surface area contributed by atoms with Gasteiger partial charge in [0.1, 0.15) is 6.23 Å². The molecule has 9 nitrogen and oxygen atoms in total. The first kappa shape index (κ1) is 37.0. The van der Waals surface area contributed by atoms with Gasteiger partial charge in [0.2, 0.25) is 0 Å². The molecule has 10 heteroatoms. The van der Waals surface area contributed by atoms with Gasteiger partial charge in [-0.2, -0.15) is 0 Å². The van der Waals surface area contributed by atoms with E-state index < -0.39 is 26.7 Å². The van der Waals surface area contributed by atoms with Crippen molar-refractivity contribution >= 4 is 42.9 Å². The smallest absolute Gasteiger partial charge is 0.374 e. The van der Waals surface area contributed by atoms with Gasteiger partial charge in [-0.15, -0.1) is 0 Å². The quantitative estimate of drug-likeness (QED) is 0.0360. The van der Waals surface area contributed by atoms with E-state index >= 15 is 0 Å². The van der Waals surface area contributed by atoms with E-state index in [0.717, 1.165) is 34.1 Å². The average molecular weight is 725 g/mol. The maximum Gasteiger partial charge on any atom is 0.502 e. The molecule has 0 amide bonds. The fourth-order valence-corrected chi connectivity index (χ4v) is 8.33. The fraction of sp³-hybridized carbons (Fsp3) is 0.163. The van der Waals surface area contributed by atoms with E-state index in [9.17, 15) is 0 Å². The molecule has 272 valence electrons. The number of anilines is 6. The molecule has 6 rings (SSSR count). The minimum Gasteiger partial charge on any atom is -0.374 e. The van der Waals surface area contributed by atoms with Gasteiger partial charge in [0.05, 0.1) is 0 Å². The van der Waals surface area contributed by atoms with Crippen LogP contribution in [-0.2, 0) is 13.3 Å². The minimum atomic E-state index is -3.68. The average Bonchev–Trinajstić information content (AvgIpc) is 3.17. The highest BCUT2D eigenvalue weighted by molar-refractivity contribution is 6.59. The monoisotopic (exact) mass is 724 g/mol. The van der Waals surface area contributed by atoms with Gasteiger partial charge in [-0.3, -0.25) is 0 Å². The molecule has 6 aromatic rings. The van der Waals surface area contributed by atoms with Gasteiger partial charge in [0, 0.05) is 47.3 Å². The van der Waals surface area contributed by atoms with Crippen molar-refractivity contribution in [2.75, 3.05) is 38.5 Å². The zero-order valence-corrected chi connectivity index (χ0v) is 31.3. The second kappa shape index (κ2) is 17.6. The normalized spacial score (nSPS) is 13.2. The first-order valence-corrected chi connectivity index (χ1v) is 20.1. The number of benzene rings is 6. The second-order valence-electron chi connectivity index (χ2n) is 12.6. The summed E-state index contributed by atoms with van der Waals surface area (Å²) >= 11 is 0. The van der Waals surface area contributed by atoms with Gasteiger partial charge in [0.15, 0.2) is 0 Å². The molecule has 0 saturated heterocycles. The Hall–Kier alpha value is -5.78. The van der Waals surface area contributed by atoms with Crippen LogP contribution in [0.4, 0.5) is 34.1 Å². The molecule has 0 radical (unpaired) electrons. The predicted octanol–water partition coefficient (Wildman–Crippen LogP) is 9.95. The molecule has 0 spiro atoms. The molecular formula is C43H48N6O3Si. The van der Waals surface area contributed by atoms with Crippen molar-refractivity contribution in [3.63, 3.8) is 0 Å². The third-order valence-electron chi connectivity index (χ3n) is 8.31. The summed E-state index contributed by atoms with van der Waals surface area (Å²) in [7, 11) is -3.68. The Kier molecular flexibility index (Phi) is 12.3. The van der Waals surface area contributed by atoms with Crippen LogP contribution in [0.25, 0.3) is 0 Å². The topological polar surface area (TPSA) is 99.9 Å². The lowest BCUT2D eigenvalue weighted by Gasteiger charge is -2.54. The molecule has 0 fully saturated rings. The van der Waals surface area contributed by atoms with Crippen molar-refractivity contribution in [1.29, 1.82) is 0 Å². The lowest BCUT2D eigenvalue weighted by molar-refractivity contribution is -0.0297. The van der Waals surface area contributed by atoms with Crippen LogP contribution in [0.5, 0.6) is 0 Å². The summed E-state index contributed by atoms with van der Waals surface area (Å²) in [4.78, 5) is 0. The van der Waals surface area contributed by atoms with Crippen molar-refractivity contribution in [2.45, 2.75) is 38.3 Å². The predicted molar refractivity (Wildman–Crippen MR) is 221 cm³/mol. The van der Waals surface area contributed by atoms with E-state index in [2.05, 4.69) is 31.9 Å². The molecule has 0 saturated carbocycles. The van der Waals surface area contributed by atoms with Crippen molar-refractivity contribution in [2.24, 2.45) is 0 Å².